The lowest BCUT2D eigenvalue weighted by Gasteiger charge is -2.14. The molecule has 0 fully saturated rings. The zero-order valence-corrected chi connectivity index (χ0v) is 12.5. The average molecular weight is 292 g/mol. The number of aliphatic hydroxyl groups excluding tert-OH is 1. The van der Waals surface area contributed by atoms with Gasteiger partial charge in [0.05, 0.1) is 6.61 Å². The third kappa shape index (κ3) is 4.93. The number of urea groups is 1. The van der Waals surface area contributed by atoms with E-state index in [0.717, 1.165) is 31.6 Å². The second kappa shape index (κ2) is 7.88. The Labute approximate surface area is 125 Å². The maximum absolute atomic E-state index is 11.7. The van der Waals surface area contributed by atoms with Crippen molar-refractivity contribution in [1.82, 2.24) is 10.6 Å². The van der Waals surface area contributed by atoms with Crippen molar-refractivity contribution >= 4 is 6.03 Å². The summed E-state index contributed by atoms with van der Waals surface area (Å²) >= 11 is 0. The number of aliphatic hydroxyl groups is 1. The smallest absolute Gasteiger partial charge is 0.315 e. The summed E-state index contributed by atoms with van der Waals surface area (Å²) in [7, 11) is 0. The van der Waals surface area contributed by atoms with Crippen LogP contribution in [0.15, 0.2) is 18.2 Å². The molecule has 0 radical (unpaired) electrons. The van der Waals surface area contributed by atoms with Crippen LogP contribution in [0.5, 0.6) is 5.75 Å². The Bertz CT molecular complexity index is 477. The molecule has 0 saturated heterocycles. The molecule has 1 aliphatic rings. The zero-order valence-electron chi connectivity index (χ0n) is 12.5. The molecule has 1 unspecified atom stereocenters. The summed E-state index contributed by atoms with van der Waals surface area (Å²) < 4.78 is 5.47. The molecule has 0 spiro atoms. The summed E-state index contributed by atoms with van der Waals surface area (Å²) in [6.07, 6.45) is 3.28. The van der Waals surface area contributed by atoms with E-state index in [1.165, 1.54) is 11.1 Å². The van der Waals surface area contributed by atoms with E-state index >= 15 is 0 Å². The van der Waals surface area contributed by atoms with Gasteiger partial charge in [-0.2, -0.15) is 0 Å². The second-order valence-corrected chi connectivity index (χ2v) is 5.46. The summed E-state index contributed by atoms with van der Waals surface area (Å²) in [5.74, 6) is 0.988. The minimum Gasteiger partial charge on any atom is -0.493 e. The van der Waals surface area contributed by atoms with Gasteiger partial charge in [-0.3, -0.25) is 0 Å². The van der Waals surface area contributed by atoms with Crippen molar-refractivity contribution in [2.75, 3.05) is 19.8 Å². The first kappa shape index (κ1) is 15.6. The molecule has 1 aliphatic heterocycles. The summed E-state index contributed by atoms with van der Waals surface area (Å²) in [5, 5.41) is 14.5. The average Bonchev–Trinajstić information content (AvgIpc) is 2.92. The zero-order chi connectivity index (χ0) is 15.1. The number of carbonyl (C=O) groups is 1. The fourth-order valence-corrected chi connectivity index (χ4v) is 2.46. The highest BCUT2D eigenvalue weighted by molar-refractivity contribution is 5.74. The number of nitrogens with one attached hydrogen (secondary N) is 2. The van der Waals surface area contributed by atoms with E-state index in [1.807, 2.05) is 19.1 Å². The Kier molecular flexibility index (Phi) is 5.87. The molecule has 21 heavy (non-hydrogen) atoms. The van der Waals surface area contributed by atoms with Crippen LogP contribution in [-0.4, -0.2) is 36.9 Å². The van der Waals surface area contributed by atoms with E-state index in [0.29, 0.717) is 13.0 Å². The van der Waals surface area contributed by atoms with Crippen molar-refractivity contribution < 1.29 is 14.6 Å². The third-order valence-corrected chi connectivity index (χ3v) is 3.63. The quantitative estimate of drug-likeness (QED) is 0.715. The molecule has 2 rings (SSSR count). The van der Waals surface area contributed by atoms with Gasteiger partial charge in [0.25, 0.3) is 0 Å². The maximum Gasteiger partial charge on any atom is 0.315 e. The molecule has 1 aromatic rings. The van der Waals surface area contributed by atoms with Crippen LogP contribution in [-0.2, 0) is 12.8 Å². The maximum atomic E-state index is 11.7. The van der Waals surface area contributed by atoms with E-state index in [-0.39, 0.29) is 18.7 Å². The number of hydrogen-bond acceptors (Lipinski definition) is 3. The van der Waals surface area contributed by atoms with Gasteiger partial charge in [-0.05, 0) is 43.4 Å². The summed E-state index contributed by atoms with van der Waals surface area (Å²) in [4.78, 5) is 11.7. The van der Waals surface area contributed by atoms with Gasteiger partial charge in [0.15, 0.2) is 0 Å². The number of benzene rings is 1. The molecular formula is C16H24N2O3. The molecule has 0 aliphatic carbocycles. The van der Waals surface area contributed by atoms with E-state index in [4.69, 9.17) is 9.84 Å². The Balaban J connectivity index is 1.68. The number of fused-ring (bicyclic) bond motifs is 1. The highest BCUT2D eigenvalue weighted by Crippen LogP contribution is 2.25. The largest absolute Gasteiger partial charge is 0.493 e. The Morgan fingerprint density at radius 1 is 1.48 bits per heavy atom. The van der Waals surface area contributed by atoms with E-state index in [2.05, 4.69) is 16.7 Å². The van der Waals surface area contributed by atoms with Crippen molar-refractivity contribution in [2.45, 2.75) is 38.6 Å². The molecule has 1 aromatic carbocycles. The van der Waals surface area contributed by atoms with Gasteiger partial charge in [0.1, 0.15) is 5.75 Å². The number of ether oxygens (including phenoxy) is 1. The van der Waals surface area contributed by atoms with Crippen molar-refractivity contribution in [3.8, 4) is 5.75 Å². The van der Waals surface area contributed by atoms with Gasteiger partial charge in [0, 0.05) is 25.6 Å². The van der Waals surface area contributed by atoms with E-state index in [1.54, 1.807) is 0 Å². The van der Waals surface area contributed by atoms with Crippen LogP contribution in [0.2, 0.25) is 0 Å². The van der Waals surface area contributed by atoms with Gasteiger partial charge >= 0.3 is 6.03 Å². The van der Waals surface area contributed by atoms with Crippen LogP contribution >= 0.6 is 0 Å². The van der Waals surface area contributed by atoms with Crippen LogP contribution < -0.4 is 15.4 Å². The molecule has 0 aromatic heterocycles. The number of hydrogen-bond donors (Lipinski definition) is 3. The summed E-state index contributed by atoms with van der Waals surface area (Å²) in [6, 6.07) is 6.15. The molecule has 0 saturated carbocycles. The SMILES string of the molecule is CC(CCCO)NC(=O)NCCc1ccc2c(c1)CCO2. The van der Waals surface area contributed by atoms with E-state index < -0.39 is 0 Å². The Hall–Kier alpha value is -1.75. The molecule has 1 atom stereocenters. The number of carbonyl (C=O) groups excluding carboxylic acids is 1. The fraction of sp³-hybridized carbons (Fsp3) is 0.562. The van der Waals surface area contributed by atoms with Gasteiger partial charge in [-0.15, -0.1) is 0 Å². The molecule has 5 nitrogen and oxygen atoms in total. The second-order valence-electron chi connectivity index (χ2n) is 5.46. The molecular weight excluding hydrogens is 268 g/mol. The highest BCUT2D eigenvalue weighted by atomic mass is 16.5. The monoisotopic (exact) mass is 292 g/mol. The Morgan fingerprint density at radius 2 is 2.33 bits per heavy atom. The number of amides is 2. The van der Waals surface area contributed by atoms with Crippen LogP contribution in [0.1, 0.15) is 30.9 Å². The Morgan fingerprint density at radius 3 is 3.14 bits per heavy atom. The van der Waals surface area contributed by atoms with Crippen LogP contribution in [0.25, 0.3) is 0 Å². The molecule has 116 valence electrons. The van der Waals surface area contributed by atoms with Gasteiger partial charge in [-0.1, -0.05) is 12.1 Å². The minimum atomic E-state index is -0.148. The lowest BCUT2D eigenvalue weighted by Crippen LogP contribution is -2.41. The molecule has 5 heteroatoms. The molecule has 3 N–H and O–H groups in total. The topological polar surface area (TPSA) is 70.6 Å². The summed E-state index contributed by atoms with van der Waals surface area (Å²) in [6.45, 7) is 3.48. The fourth-order valence-electron chi connectivity index (χ4n) is 2.46. The normalized spacial score (nSPS) is 14.2. The lowest BCUT2D eigenvalue weighted by molar-refractivity contribution is 0.234. The minimum absolute atomic E-state index is 0.0780. The first-order valence-corrected chi connectivity index (χ1v) is 7.59. The molecule has 0 bridgehead atoms. The first-order valence-electron chi connectivity index (χ1n) is 7.59. The predicted octanol–water partition coefficient (Wildman–Crippen LogP) is 1.62. The molecule has 1 heterocycles. The lowest BCUT2D eigenvalue weighted by atomic mass is 10.1. The molecule has 2 amide bonds. The van der Waals surface area contributed by atoms with E-state index in [9.17, 15) is 4.79 Å². The standard InChI is InChI=1S/C16H24N2O3/c1-12(3-2-9-19)18-16(20)17-8-6-13-4-5-15-14(11-13)7-10-21-15/h4-5,11-12,19H,2-3,6-10H2,1H3,(H2,17,18,20). The van der Waals surface area contributed by atoms with Gasteiger partial charge in [0.2, 0.25) is 0 Å². The van der Waals surface area contributed by atoms with Crippen LogP contribution in [0.4, 0.5) is 4.79 Å². The van der Waals surface area contributed by atoms with Crippen LogP contribution in [0.3, 0.4) is 0 Å². The van der Waals surface area contributed by atoms with Crippen LogP contribution in [0, 0.1) is 0 Å². The van der Waals surface area contributed by atoms with Crippen molar-refractivity contribution in [1.29, 1.82) is 0 Å². The first-order chi connectivity index (χ1) is 10.2. The van der Waals surface area contributed by atoms with Crippen molar-refractivity contribution in [2.24, 2.45) is 0 Å². The van der Waals surface area contributed by atoms with Crippen molar-refractivity contribution in [3.05, 3.63) is 29.3 Å². The van der Waals surface area contributed by atoms with Crippen molar-refractivity contribution in [3.63, 3.8) is 0 Å². The van der Waals surface area contributed by atoms with Gasteiger partial charge in [-0.25, -0.2) is 4.79 Å². The highest BCUT2D eigenvalue weighted by Gasteiger charge is 2.12. The number of rotatable bonds is 7. The summed E-state index contributed by atoms with van der Waals surface area (Å²) in [5.41, 5.74) is 2.47. The van der Waals surface area contributed by atoms with Gasteiger partial charge < -0.3 is 20.5 Å². The predicted molar refractivity (Wildman–Crippen MR) is 81.7 cm³/mol. The third-order valence-electron chi connectivity index (χ3n) is 3.63.